The summed E-state index contributed by atoms with van der Waals surface area (Å²) in [7, 11) is 0. The van der Waals surface area contributed by atoms with Crippen LogP contribution in [0.4, 0.5) is 11.4 Å². The first-order valence-electron chi connectivity index (χ1n) is 5.55. The van der Waals surface area contributed by atoms with Crippen molar-refractivity contribution < 1.29 is 9.53 Å². The molecule has 4 N–H and O–H groups in total. The van der Waals surface area contributed by atoms with Crippen LogP contribution in [0, 0.1) is 0 Å². The lowest BCUT2D eigenvalue weighted by molar-refractivity contribution is 0.0530. The molecule has 0 aliphatic carbocycles. The van der Waals surface area contributed by atoms with Crippen molar-refractivity contribution in [1.29, 1.82) is 0 Å². The molecule has 0 amide bonds. The number of carbonyl (C=O) groups excluding carboxylic acids is 1. The van der Waals surface area contributed by atoms with Gasteiger partial charge in [0.05, 0.1) is 16.9 Å². The molecule has 0 aliphatic rings. The molecule has 0 bridgehead atoms. The van der Waals surface area contributed by atoms with E-state index in [1.807, 2.05) is 0 Å². The Morgan fingerprint density at radius 2 is 2.06 bits per heavy atom. The molecule has 5 heteroatoms. The van der Waals surface area contributed by atoms with Gasteiger partial charge in [-0.15, -0.1) is 0 Å². The van der Waals surface area contributed by atoms with Crippen LogP contribution < -0.4 is 11.5 Å². The summed E-state index contributed by atoms with van der Waals surface area (Å²) in [5.74, 6) is 1.56. The van der Waals surface area contributed by atoms with Crippen molar-refractivity contribution in [3.8, 4) is 0 Å². The number of benzene rings is 1. The van der Waals surface area contributed by atoms with Crippen molar-refractivity contribution in [2.75, 3.05) is 29.6 Å². The summed E-state index contributed by atoms with van der Waals surface area (Å²) in [6, 6.07) is 4.77. The van der Waals surface area contributed by atoms with E-state index < -0.39 is 0 Å². The summed E-state index contributed by atoms with van der Waals surface area (Å²) < 4.78 is 5.11. The van der Waals surface area contributed by atoms with Gasteiger partial charge in [-0.05, 0) is 30.4 Å². The second-order valence-corrected chi connectivity index (χ2v) is 4.82. The van der Waals surface area contributed by atoms with E-state index in [4.69, 9.17) is 16.2 Å². The van der Waals surface area contributed by atoms with E-state index >= 15 is 0 Å². The lowest BCUT2D eigenvalue weighted by Crippen LogP contribution is -2.09. The highest BCUT2D eigenvalue weighted by molar-refractivity contribution is 7.99. The lowest BCUT2D eigenvalue weighted by Gasteiger charge is -2.06. The maximum Gasteiger partial charge on any atom is 0.338 e. The normalized spacial score (nSPS) is 10.2. The van der Waals surface area contributed by atoms with Crippen LogP contribution in [0.25, 0.3) is 0 Å². The number of esters is 1. The Morgan fingerprint density at radius 3 is 2.71 bits per heavy atom. The van der Waals surface area contributed by atoms with E-state index in [1.165, 1.54) is 6.07 Å². The van der Waals surface area contributed by atoms with Gasteiger partial charge in [0.2, 0.25) is 0 Å². The number of anilines is 2. The average Bonchev–Trinajstić information content (AvgIpc) is 2.32. The molecule has 94 valence electrons. The van der Waals surface area contributed by atoms with Crippen LogP contribution in [0.1, 0.15) is 23.7 Å². The molecule has 0 saturated carbocycles. The predicted octanol–water partition coefficient (Wildman–Crippen LogP) is 2.15. The zero-order valence-electron chi connectivity index (χ0n) is 9.94. The highest BCUT2D eigenvalue weighted by atomic mass is 32.2. The fourth-order valence-corrected chi connectivity index (χ4v) is 1.92. The van der Waals surface area contributed by atoms with Gasteiger partial charge in [0.1, 0.15) is 6.61 Å². The van der Waals surface area contributed by atoms with Crippen LogP contribution in [0.3, 0.4) is 0 Å². The van der Waals surface area contributed by atoms with Gasteiger partial charge >= 0.3 is 5.97 Å². The molecule has 0 spiro atoms. The van der Waals surface area contributed by atoms with Gasteiger partial charge in [0.15, 0.2) is 0 Å². The number of hydrogen-bond acceptors (Lipinski definition) is 5. The fourth-order valence-electron chi connectivity index (χ4n) is 1.22. The average molecular weight is 254 g/mol. The first-order valence-corrected chi connectivity index (χ1v) is 6.70. The number of thioether (sulfide) groups is 1. The van der Waals surface area contributed by atoms with Crippen molar-refractivity contribution in [2.24, 2.45) is 0 Å². The van der Waals surface area contributed by atoms with Crippen molar-refractivity contribution in [1.82, 2.24) is 0 Å². The van der Waals surface area contributed by atoms with Crippen LogP contribution in [0.15, 0.2) is 18.2 Å². The summed E-state index contributed by atoms with van der Waals surface area (Å²) in [4.78, 5) is 11.6. The summed E-state index contributed by atoms with van der Waals surface area (Å²) in [6.45, 7) is 2.55. The summed E-state index contributed by atoms with van der Waals surface area (Å²) in [6.07, 6.45) is 1.13. The van der Waals surface area contributed by atoms with Gasteiger partial charge in [-0.3, -0.25) is 0 Å². The molecule has 0 aliphatic heterocycles. The van der Waals surface area contributed by atoms with E-state index in [2.05, 4.69) is 6.92 Å². The van der Waals surface area contributed by atoms with E-state index in [0.29, 0.717) is 23.5 Å². The van der Waals surface area contributed by atoms with Crippen molar-refractivity contribution >= 4 is 29.1 Å². The van der Waals surface area contributed by atoms with Gasteiger partial charge < -0.3 is 16.2 Å². The van der Waals surface area contributed by atoms with Crippen molar-refractivity contribution in [3.05, 3.63) is 23.8 Å². The van der Waals surface area contributed by atoms with Crippen LogP contribution in [-0.2, 0) is 4.74 Å². The molecular formula is C12H18N2O2S. The zero-order chi connectivity index (χ0) is 12.7. The Bertz CT molecular complexity index is 383. The Labute approximate surface area is 106 Å². The molecule has 0 atom stereocenters. The quantitative estimate of drug-likeness (QED) is 0.462. The topological polar surface area (TPSA) is 78.3 Å². The molecule has 0 heterocycles. The third-order valence-electron chi connectivity index (χ3n) is 2.13. The van der Waals surface area contributed by atoms with E-state index in [9.17, 15) is 4.79 Å². The Hall–Kier alpha value is -1.36. The summed E-state index contributed by atoms with van der Waals surface area (Å²) in [5, 5.41) is 0. The third kappa shape index (κ3) is 4.56. The minimum Gasteiger partial charge on any atom is -0.461 e. The molecule has 0 unspecified atom stereocenters. The van der Waals surface area contributed by atoms with Crippen molar-refractivity contribution in [3.63, 3.8) is 0 Å². The number of carbonyl (C=O) groups is 1. The molecule has 0 radical (unpaired) electrons. The Balaban J connectivity index is 2.39. The van der Waals surface area contributed by atoms with Crippen LogP contribution >= 0.6 is 11.8 Å². The predicted molar refractivity (Wildman–Crippen MR) is 73.2 cm³/mol. The second-order valence-electron chi connectivity index (χ2n) is 3.59. The number of rotatable bonds is 6. The first kappa shape index (κ1) is 13.7. The maximum atomic E-state index is 11.6. The van der Waals surface area contributed by atoms with Gasteiger partial charge in [0.25, 0.3) is 0 Å². The minimum absolute atomic E-state index is 0.353. The number of nitrogens with two attached hydrogens (primary N) is 2. The Morgan fingerprint density at radius 1 is 1.29 bits per heavy atom. The number of nitrogen functional groups attached to an aromatic ring is 2. The summed E-state index contributed by atoms with van der Waals surface area (Å²) >= 11 is 1.77. The smallest absolute Gasteiger partial charge is 0.338 e. The number of hydrogen-bond donors (Lipinski definition) is 2. The maximum absolute atomic E-state index is 11.6. The van der Waals surface area contributed by atoms with Gasteiger partial charge in [-0.1, -0.05) is 6.92 Å². The third-order valence-corrected chi connectivity index (χ3v) is 3.28. The van der Waals surface area contributed by atoms with Crippen LogP contribution in [0.5, 0.6) is 0 Å². The standard InChI is InChI=1S/C12H18N2O2S/c1-2-6-17-7-5-16-12(15)9-3-4-10(13)11(14)8-9/h3-4,8H,2,5-7,13-14H2,1H3. The minimum atomic E-state index is -0.353. The summed E-state index contributed by atoms with van der Waals surface area (Å²) in [5.41, 5.74) is 12.5. The SMILES string of the molecule is CCCSCCOC(=O)c1ccc(N)c(N)c1. The fraction of sp³-hybridized carbons (Fsp3) is 0.417. The molecular weight excluding hydrogens is 236 g/mol. The lowest BCUT2D eigenvalue weighted by atomic mass is 10.2. The van der Waals surface area contributed by atoms with Gasteiger partial charge in [-0.25, -0.2) is 4.79 Å². The largest absolute Gasteiger partial charge is 0.461 e. The van der Waals surface area contributed by atoms with Gasteiger partial charge in [0, 0.05) is 5.75 Å². The number of ether oxygens (including phenoxy) is 1. The molecule has 1 aromatic rings. The van der Waals surface area contributed by atoms with Crippen LogP contribution in [-0.4, -0.2) is 24.1 Å². The molecule has 4 nitrogen and oxygen atoms in total. The van der Waals surface area contributed by atoms with E-state index in [0.717, 1.165) is 17.9 Å². The first-order chi connectivity index (χ1) is 8.15. The van der Waals surface area contributed by atoms with E-state index in [1.54, 1.807) is 23.9 Å². The molecule has 0 fully saturated rings. The van der Waals surface area contributed by atoms with Crippen LogP contribution in [0.2, 0.25) is 0 Å². The zero-order valence-corrected chi connectivity index (χ0v) is 10.8. The monoisotopic (exact) mass is 254 g/mol. The molecule has 1 aromatic carbocycles. The highest BCUT2D eigenvalue weighted by Crippen LogP contribution is 2.16. The molecule has 0 saturated heterocycles. The van der Waals surface area contributed by atoms with Gasteiger partial charge in [-0.2, -0.15) is 11.8 Å². The van der Waals surface area contributed by atoms with E-state index in [-0.39, 0.29) is 5.97 Å². The second kappa shape index (κ2) is 7.06. The molecule has 1 rings (SSSR count). The molecule has 0 aromatic heterocycles. The highest BCUT2D eigenvalue weighted by Gasteiger charge is 2.08. The molecule has 17 heavy (non-hydrogen) atoms. The Kier molecular flexibility index (Phi) is 5.69. The van der Waals surface area contributed by atoms with Crippen molar-refractivity contribution in [2.45, 2.75) is 13.3 Å².